The molecule has 1 aliphatic heterocycles. The van der Waals surface area contributed by atoms with Gasteiger partial charge in [-0.2, -0.15) is 24.3 Å². The smallest absolute Gasteiger partial charge is 0.345 e. The second-order valence-electron chi connectivity index (χ2n) is 14.3. The molecule has 1 aliphatic rings. The molecule has 6 aromatic carbocycles. The Morgan fingerprint density at radius 1 is 0.611 bits per heavy atom. The number of hydrogen-bond donors (Lipinski definition) is 0. The molecule has 6 heteroatoms. The third-order valence-electron chi connectivity index (χ3n) is 10.3. The SMILES string of the molecule is CC(C)c1cccc(C(C)C)c1-c1ccnc(-n2c3[c-]c(Sc4[c-]c(N5CN(c6ccccc6)c6ccccc65)ccc4)ccc3c3ccccc32)c1.[Pt+2]. The van der Waals surface area contributed by atoms with Gasteiger partial charge in [0, 0.05) is 17.4 Å². The number of rotatable bonds is 8. The molecule has 9 rings (SSSR count). The Kier molecular flexibility index (Phi) is 9.96. The number of anilines is 4. The average Bonchev–Trinajstić information content (AvgIpc) is 3.74. The van der Waals surface area contributed by atoms with Crippen LogP contribution in [0.5, 0.6) is 0 Å². The number of para-hydroxylation sites is 4. The first-order valence-corrected chi connectivity index (χ1v) is 19.2. The monoisotopic (exact) mass is 899 g/mol. The van der Waals surface area contributed by atoms with Crippen molar-refractivity contribution in [3.8, 4) is 16.9 Å². The molecule has 0 radical (unpaired) electrons. The first-order valence-electron chi connectivity index (χ1n) is 18.4. The van der Waals surface area contributed by atoms with Gasteiger partial charge in [-0.3, -0.25) is 0 Å². The van der Waals surface area contributed by atoms with E-state index in [1.165, 1.54) is 44.7 Å². The summed E-state index contributed by atoms with van der Waals surface area (Å²) >= 11 is 1.69. The summed E-state index contributed by atoms with van der Waals surface area (Å²) < 4.78 is 2.28. The second-order valence-corrected chi connectivity index (χ2v) is 15.4. The molecule has 4 nitrogen and oxygen atoms in total. The van der Waals surface area contributed by atoms with Crippen LogP contribution in [0.25, 0.3) is 38.8 Å². The molecule has 0 spiro atoms. The van der Waals surface area contributed by atoms with Crippen molar-refractivity contribution in [3.05, 3.63) is 169 Å². The first-order chi connectivity index (χ1) is 25.9. The third kappa shape index (κ3) is 6.44. The first kappa shape index (κ1) is 35.9. The van der Waals surface area contributed by atoms with Crippen molar-refractivity contribution in [1.29, 1.82) is 0 Å². The quantitative estimate of drug-likeness (QED) is 0.142. The maximum Gasteiger partial charge on any atom is 2.00 e. The predicted octanol–water partition coefficient (Wildman–Crippen LogP) is 13.1. The normalized spacial score (nSPS) is 12.6. The van der Waals surface area contributed by atoms with Crippen LogP contribution in [0, 0.1) is 12.1 Å². The zero-order valence-corrected chi connectivity index (χ0v) is 33.8. The zero-order chi connectivity index (χ0) is 36.1. The standard InChI is InChI=1S/C48H40N4S.Pt/c1-32(2)39-19-13-20-40(33(3)4)48(39)34-26-27-49-47(28-34)52-43-21-9-8-18-41(43)42-25-24-38(30-46(42)52)53-37-17-12-16-36(29-37)51-31-50(35-14-6-5-7-15-35)44-22-10-11-23-45(44)51;/h5-28,32-33H,31H2,1-4H3;/q-2;+2. The van der Waals surface area contributed by atoms with E-state index in [9.17, 15) is 0 Å². The topological polar surface area (TPSA) is 24.3 Å². The summed E-state index contributed by atoms with van der Waals surface area (Å²) in [5, 5.41) is 2.35. The van der Waals surface area contributed by atoms with E-state index < -0.39 is 0 Å². The summed E-state index contributed by atoms with van der Waals surface area (Å²) in [6.45, 7) is 9.84. The van der Waals surface area contributed by atoms with Gasteiger partial charge in [0.15, 0.2) is 0 Å². The van der Waals surface area contributed by atoms with Crippen LogP contribution >= 0.6 is 11.8 Å². The minimum atomic E-state index is 0. The Morgan fingerprint density at radius 2 is 1.28 bits per heavy atom. The van der Waals surface area contributed by atoms with E-state index in [1.807, 2.05) is 6.20 Å². The minimum Gasteiger partial charge on any atom is -0.345 e. The second kappa shape index (κ2) is 15.0. The van der Waals surface area contributed by atoms with Crippen LogP contribution in [0.4, 0.5) is 22.7 Å². The maximum absolute atomic E-state index is 4.99. The predicted molar refractivity (Wildman–Crippen MR) is 222 cm³/mol. The largest absolute Gasteiger partial charge is 2.00 e. The van der Waals surface area contributed by atoms with E-state index in [0.29, 0.717) is 11.8 Å². The number of pyridine rings is 1. The summed E-state index contributed by atoms with van der Waals surface area (Å²) in [5.41, 5.74) is 12.0. The molecule has 268 valence electrons. The van der Waals surface area contributed by atoms with Gasteiger partial charge < -0.3 is 14.4 Å². The Bertz CT molecular complexity index is 2580. The Hall–Kier alpha value is -5.09. The van der Waals surface area contributed by atoms with E-state index in [0.717, 1.165) is 44.4 Å². The molecule has 8 aromatic rings. The average molecular weight is 900 g/mol. The third-order valence-corrected chi connectivity index (χ3v) is 11.2. The van der Waals surface area contributed by atoms with Crippen LogP contribution in [0.2, 0.25) is 0 Å². The summed E-state index contributed by atoms with van der Waals surface area (Å²) in [4.78, 5) is 11.8. The van der Waals surface area contributed by atoms with Gasteiger partial charge in [0.2, 0.25) is 0 Å². The molecule has 0 amide bonds. The number of hydrogen-bond acceptors (Lipinski definition) is 4. The molecular formula is C48H40N4PtS. The summed E-state index contributed by atoms with van der Waals surface area (Å²) in [6, 6.07) is 57.4. The van der Waals surface area contributed by atoms with E-state index in [2.05, 4.69) is 194 Å². The minimum absolute atomic E-state index is 0. The molecule has 54 heavy (non-hydrogen) atoms. The van der Waals surface area contributed by atoms with Gasteiger partial charge in [-0.25, -0.2) is 4.98 Å². The molecule has 0 saturated carbocycles. The van der Waals surface area contributed by atoms with E-state index >= 15 is 0 Å². The zero-order valence-electron chi connectivity index (χ0n) is 30.7. The molecule has 0 bridgehead atoms. The number of nitrogens with zero attached hydrogens (tertiary/aromatic N) is 4. The molecule has 0 saturated heterocycles. The van der Waals surface area contributed by atoms with Gasteiger partial charge >= 0.3 is 21.1 Å². The fraction of sp³-hybridized carbons (Fsp3) is 0.146. The summed E-state index contributed by atoms with van der Waals surface area (Å²) in [7, 11) is 0. The van der Waals surface area contributed by atoms with Crippen LogP contribution in [0.15, 0.2) is 156 Å². The summed E-state index contributed by atoms with van der Waals surface area (Å²) in [5.74, 6) is 1.70. The Morgan fingerprint density at radius 3 is 2.04 bits per heavy atom. The van der Waals surface area contributed by atoms with Gasteiger partial charge in [-0.15, -0.1) is 45.1 Å². The number of benzene rings is 6. The van der Waals surface area contributed by atoms with Crippen molar-refractivity contribution >= 4 is 56.3 Å². The molecule has 0 atom stereocenters. The van der Waals surface area contributed by atoms with Gasteiger partial charge in [-0.1, -0.05) is 106 Å². The maximum atomic E-state index is 4.99. The Labute approximate surface area is 336 Å². The van der Waals surface area contributed by atoms with Crippen molar-refractivity contribution in [2.45, 2.75) is 49.3 Å². The van der Waals surface area contributed by atoms with Gasteiger partial charge in [0.1, 0.15) is 5.82 Å². The van der Waals surface area contributed by atoms with Crippen molar-refractivity contribution in [2.24, 2.45) is 0 Å². The summed E-state index contributed by atoms with van der Waals surface area (Å²) in [6.07, 6.45) is 1.96. The van der Waals surface area contributed by atoms with Gasteiger partial charge in [-0.05, 0) is 81.9 Å². The van der Waals surface area contributed by atoms with E-state index in [4.69, 9.17) is 4.98 Å². The molecule has 3 heterocycles. The van der Waals surface area contributed by atoms with Crippen molar-refractivity contribution in [1.82, 2.24) is 9.55 Å². The van der Waals surface area contributed by atoms with Crippen LogP contribution in [0.3, 0.4) is 0 Å². The van der Waals surface area contributed by atoms with Crippen LogP contribution < -0.4 is 9.80 Å². The van der Waals surface area contributed by atoms with Crippen LogP contribution in [-0.2, 0) is 21.1 Å². The van der Waals surface area contributed by atoms with Crippen LogP contribution in [0.1, 0.15) is 50.7 Å². The van der Waals surface area contributed by atoms with Crippen molar-refractivity contribution in [3.63, 3.8) is 0 Å². The molecular weight excluding hydrogens is 860 g/mol. The van der Waals surface area contributed by atoms with E-state index in [1.54, 1.807) is 11.8 Å². The number of fused-ring (bicyclic) bond motifs is 4. The molecule has 2 aromatic heterocycles. The van der Waals surface area contributed by atoms with Gasteiger partial charge in [0.05, 0.1) is 18.0 Å². The molecule has 0 fully saturated rings. The number of aromatic nitrogens is 2. The fourth-order valence-electron chi connectivity index (χ4n) is 7.77. The van der Waals surface area contributed by atoms with Crippen molar-refractivity contribution < 1.29 is 21.1 Å². The van der Waals surface area contributed by atoms with E-state index in [-0.39, 0.29) is 21.1 Å². The molecule has 0 aliphatic carbocycles. The molecule has 0 N–H and O–H groups in total. The van der Waals surface area contributed by atoms with Gasteiger partial charge in [0.25, 0.3) is 0 Å². The molecule has 0 unspecified atom stereocenters. The van der Waals surface area contributed by atoms with Crippen molar-refractivity contribution in [2.75, 3.05) is 16.5 Å². The van der Waals surface area contributed by atoms with Crippen LogP contribution in [-0.4, -0.2) is 16.2 Å². The Balaban J connectivity index is 0.00000413. The fourth-order valence-corrected chi connectivity index (χ4v) is 8.60.